The molecule has 1 N–H and O–H groups in total. The van der Waals surface area contributed by atoms with Gasteiger partial charge in [-0.25, -0.2) is 0 Å². The Kier molecular flexibility index (Phi) is 5.65. The normalized spacial score (nSPS) is 14.4. The van der Waals surface area contributed by atoms with E-state index in [1.54, 1.807) is 0 Å². The van der Waals surface area contributed by atoms with Crippen LogP contribution in [0.4, 0.5) is 13.2 Å². The lowest BCUT2D eigenvalue weighted by Gasteiger charge is -2.32. The van der Waals surface area contributed by atoms with E-state index in [0.717, 1.165) is 7.05 Å². The fourth-order valence-corrected chi connectivity index (χ4v) is 1.54. The molecule has 0 amide bonds. The highest BCUT2D eigenvalue weighted by Crippen LogP contribution is 2.25. The van der Waals surface area contributed by atoms with Crippen molar-refractivity contribution in [1.29, 1.82) is 0 Å². The summed E-state index contributed by atoms with van der Waals surface area (Å²) in [5.74, 6) is 0.381. The number of hydrogen-bond acceptors (Lipinski definition) is 3. The predicted molar refractivity (Wildman–Crippen MR) is 73.0 cm³/mol. The van der Waals surface area contributed by atoms with Gasteiger partial charge in [0.2, 0.25) is 0 Å². The number of halogens is 3. The van der Waals surface area contributed by atoms with Gasteiger partial charge in [0.15, 0.2) is 5.71 Å². The number of alkyl halides is 3. The molecule has 0 saturated carbocycles. The van der Waals surface area contributed by atoms with Crippen molar-refractivity contribution in [3.8, 4) is 0 Å². The summed E-state index contributed by atoms with van der Waals surface area (Å²) in [6.45, 7) is 11.0. The lowest BCUT2D eigenvalue weighted by atomic mass is 10.1. The summed E-state index contributed by atoms with van der Waals surface area (Å²) in [5, 5.41) is 3.03. The second-order valence-electron chi connectivity index (χ2n) is 5.12. The first-order valence-electron chi connectivity index (χ1n) is 5.85. The molecule has 0 aliphatic heterocycles. The zero-order valence-corrected chi connectivity index (χ0v) is 12.3. The van der Waals surface area contributed by atoms with E-state index in [9.17, 15) is 13.2 Å². The Hall–Kier alpha value is -1.46. The lowest BCUT2D eigenvalue weighted by molar-refractivity contribution is -0.0591. The van der Waals surface area contributed by atoms with Crippen LogP contribution >= 0.6 is 0 Å². The number of rotatable bonds is 4. The number of nitrogens with one attached hydrogen (secondary N) is 1. The van der Waals surface area contributed by atoms with E-state index in [-0.39, 0.29) is 11.2 Å². The van der Waals surface area contributed by atoms with Crippen molar-refractivity contribution in [2.75, 3.05) is 14.1 Å². The summed E-state index contributed by atoms with van der Waals surface area (Å²) in [6.07, 6.45) is -3.13. The minimum Gasteiger partial charge on any atom is -0.367 e. The van der Waals surface area contributed by atoms with Crippen molar-refractivity contribution in [3.05, 3.63) is 24.2 Å². The molecule has 0 aliphatic carbocycles. The third-order valence-electron chi connectivity index (χ3n) is 2.29. The Bertz CT molecular complexity index is 387. The van der Waals surface area contributed by atoms with Crippen molar-refractivity contribution in [3.63, 3.8) is 0 Å². The monoisotopic (exact) mass is 277 g/mol. The second kappa shape index (κ2) is 6.12. The Morgan fingerprint density at radius 3 is 2.00 bits per heavy atom. The van der Waals surface area contributed by atoms with Crippen LogP contribution in [0.5, 0.6) is 0 Å². The maximum absolute atomic E-state index is 12.9. The first-order chi connectivity index (χ1) is 8.44. The molecular formula is C13H22F3N3. The third kappa shape index (κ3) is 5.36. The highest BCUT2D eigenvalue weighted by atomic mass is 19.4. The summed E-state index contributed by atoms with van der Waals surface area (Å²) in [7, 11) is 2.65. The van der Waals surface area contributed by atoms with Crippen LogP contribution in [0.15, 0.2) is 29.2 Å². The molecule has 0 aromatic rings. The first-order valence-corrected chi connectivity index (χ1v) is 5.85. The van der Waals surface area contributed by atoms with Gasteiger partial charge in [-0.2, -0.15) is 13.2 Å². The second-order valence-corrected chi connectivity index (χ2v) is 5.12. The molecule has 0 radical (unpaired) electrons. The molecule has 0 rings (SSSR count). The molecule has 19 heavy (non-hydrogen) atoms. The highest BCUT2D eigenvalue weighted by Gasteiger charge is 2.39. The molecule has 0 spiro atoms. The van der Waals surface area contributed by atoms with Crippen LogP contribution in [-0.4, -0.2) is 36.4 Å². The Balaban J connectivity index is 5.25. The van der Waals surface area contributed by atoms with Crippen molar-refractivity contribution in [2.24, 2.45) is 4.99 Å². The number of aliphatic imine (C=N–C) groups is 1. The maximum atomic E-state index is 12.9. The van der Waals surface area contributed by atoms with Gasteiger partial charge in [-0.05, 0) is 27.7 Å². The molecule has 0 aromatic heterocycles. The van der Waals surface area contributed by atoms with Crippen LogP contribution in [0.1, 0.15) is 27.7 Å². The van der Waals surface area contributed by atoms with Gasteiger partial charge in [-0.1, -0.05) is 12.7 Å². The molecular weight excluding hydrogens is 255 g/mol. The topological polar surface area (TPSA) is 27.6 Å². The summed E-state index contributed by atoms with van der Waals surface area (Å²) < 4.78 is 38.6. The first kappa shape index (κ1) is 17.5. The van der Waals surface area contributed by atoms with Gasteiger partial charge in [-0.15, -0.1) is 0 Å². The van der Waals surface area contributed by atoms with Gasteiger partial charge in [0.05, 0.1) is 11.5 Å². The van der Waals surface area contributed by atoms with E-state index in [4.69, 9.17) is 0 Å². The van der Waals surface area contributed by atoms with E-state index in [2.05, 4.69) is 16.9 Å². The molecule has 0 atom stereocenters. The molecule has 0 fully saturated rings. The zero-order chi connectivity index (χ0) is 15.4. The van der Waals surface area contributed by atoms with Crippen LogP contribution < -0.4 is 5.32 Å². The lowest BCUT2D eigenvalue weighted by Crippen LogP contribution is -2.42. The molecule has 3 nitrogen and oxygen atoms in total. The Labute approximate surface area is 112 Å². The number of allylic oxidation sites excluding steroid dienone is 2. The van der Waals surface area contributed by atoms with Gasteiger partial charge in [0.1, 0.15) is 0 Å². The summed E-state index contributed by atoms with van der Waals surface area (Å²) >= 11 is 0. The molecule has 6 heteroatoms. The van der Waals surface area contributed by atoms with Gasteiger partial charge < -0.3 is 10.2 Å². The third-order valence-corrected chi connectivity index (χ3v) is 2.29. The van der Waals surface area contributed by atoms with E-state index in [1.807, 2.05) is 20.8 Å². The summed E-state index contributed by atoms with van der Waals surface area (Å²) in [4.78, 5) is 4.69. The van der Waals surface area contributed by atoms with Gasteiger partial charge in [0, 0.05) is 19.6 Å². The Morgan fingerprint density at radius 1 is 1.26 bits per heavy atom. The SMILES string of the molecule is C=C(NC(C)(C)C)N(C)/C(=C/C)C(=NC)C(F)(F)F. The van der Waals surface area contributed by atoms with E-state index in [0.29, 0.717) is 5.82 Å². The minimum atomic E-state index is -4.49. The van der Waals surface area contributed by atoms with Gasteiger partial charge >= 0.3 is 6.18 Å². The highest BCUT2D eigenvalue weighted by molar-refractivity contribution is 6.03. The van der Waals surface area contributed by atoms with Crippen molar-refractivity contribution in [2.45, 2.75) is 39.4 Å². The van der Waals surface area contributed by atoms with Crippen molar-refractivity contribution >= 4 is 5.71 Å². The van der Waals surface area contributed by atoms with Gasteiger partial charge in [0.25, 0.3) is 0 Å². The molecule has 0 heterocycles. The molecule has 110 valence electrons. The van der Waals surface area contributed by atoms with Crippen LogP contribution in [-0.2, 0) is 0 Å². The number of hydrogen-bond donors (Lipinski definition) is 1. The summed E-state index contributed by atoms with van der Waals surface area (Å²) in [6, 6.07) is 0. The van der Waals surface area contributed by atoms with E-state index in [1.165, 1.54) is 24.9 Å². The van der Waals surface area contributed by atoms with Crippen molar-refractivity contribution < 1.29 is 13.2 Å². The van der Waals surface area contributed by atoms with Gasteiger partial charge in [-0.3, -0.25) is 4.99 Å². The number of nitrogens with zero attached hydrogens (tertiary/aromatic N) is 2. The van der Waals surface area contributed by atoms with E-state index < -0.39 is 11.9 Å². The van der Waals surface area contributed by atoms with Crippen LogP contribution in [0.25, 0.3) is 0 Å². The largest absolute Gasteiger partial charge is 0.434 e. The molecule has 0 aliphatic rings. The average Bonchev–Trinajstić information content (AvgIpc) is 2.20. The standard InChI is InChI=1S/C13H22F3N3/c1-8-10(11(17-6)13(14,15)16)19(7)9(2)18-12(3,4)5/h8,18H,2H2,1,3-7H3/b10-8+,17-11?. The average molecular weight is 277 g/mol. The smallest absolute Gasteiger partial charge is 0.367 e. The Morgan fingerprint density at radius 2 is 1.74 bits per heavy atom. The zero-order valence-electron chi connectivity index (χ0n) is 12.3. The molecule has 0 aromatic carbocycles. The van der Waals surface area contributed by atoms with E-state index >= 15 is 0 Å². The van der Waals surface area contributed by atoms with Crippen LogP contribution in [0.3, 0.4) is 0 Å². The van der Waals surface area contributed by atoms with Crippen LogP contribution in [0, 0.1) is 0 Å². The maximum Gasteiger partial charge on any atom is 0.434 e. The fourth-order valence-electron chi connectivity index (χ4n) is 1.54. The molecule has 0 saturated heterocycles. The molecule has 0 bridgehead atoms. The summed E-state index contributed by atoms with van der Waals surface area (Å²) in [5.41, 5.74) is -1.24. The predicted octanol–water partition coefficient (Wildman–Crippen LogP) is 3.31. The molecule has 0 unspecified atom stereocenters. The van der Waals surface area contributed by atoms with Crippen LogP contribution in [0.2, 0.25) is 0 Å². The quantitative estimate of drug-likeness (QED) is 0.798. The fraction of sp³-hybridized carbons (Fsp3) is 0.615. The van der Waals surface area contributed by atoms with Crippen molar-refractivity contribution in [1.82, 2.24) is 10.2 Å². The minimum absolute atomic E-state index is 0.0308.